The topological polar surface area (TPSA) is 143 Å². The molecule has 2 fully saturated rings. The summed E-state index contributed by atoms with van der Waals surface area (Å²) >= 11 is 12.0. The zero-order chi connectivity index (χ0) is 46.5. The normalized spacial score (nSPS) is 17.5. The maximum absolute atomic E-state index is 13.2. The van der Waals surface area contributed by atoms with Crippen LogP contribution in [0.1, 0.15) is 49.9 Å². The highest BCUT2D eigenvalue weighted by Gasteiger charge is 2.34. The number of nitrogens with zero attached hydrogens (tertiary/aromatic N) is 4. The van der Waals surface area contributed by atoms with Crippen molar-refractivity contribution in [1.82, 2.24) is 19.6 Å². The van der Waals surface area contributed by atoms with Gasteiger partial charge in [-0.25, -0.2) is 8.78 Å². The first kappa shape index (κ1) is 49.2. The lowest BCUT2D eigenvalue weighted by atomic mass is 10.1. The minimum Gasteiger partial charge on any atom is -0.391 e. The van der Waals surface area contributed by atoms with E-state index in [4.69, 9.17) is 23.2 Å². The van der Waals surface area contributed by atoms with E-state index in [1.165, 1.54) is 57.2 Å². The third-order valence-corrected chi connectivity index (χ3v) is 11.1. The number of aliphatic hydroxyl groups is 1. The molecule has 338 valence electrons. The molecule has 0 radical (unpaired) electrons. The molecule has 4 amide bonds. The summed E-state index contributed by atoms with van der Waals surface area (Å²) in [5, 5.41) is 16.7. The van der Waals surface area contributed by atoms with E-state index >= 15 is 0 Å². The molecule has 64 heavy (non-hydrogen) atoms. The maximum atomic E-state index is 13.2. The lowest BCUT2D eigenvalue weighted by Crippen LogP contribution is -2.58. The number of ketones is 1. The van der Waals surface area contributed by atoms with Crippen LogP contribution >= 0.6 is 23.2 Å². The van der Waals surface area contributed by atoms with E-state index in [1.807, 2.05) is 0 Å². The zero-order valence-electron chi connectivity index (χ0n) is 36.1. The molecule has 12 nitrogen and oxygen atoms in total. The number of piperazine rings is 2. The number of rotatable bonds is 12. The van der Waals surface area contributed by atoms with E-state index in [9.17, 15) is 37.9 Å². The van der Waals surface area contributed by atoms with E-state index in [0.717, 1.165) is 11.1 Å². The summed E-state index contributed by atoms with van der Waals surface area (Å²) in [6.45, 7) is 10.1. The smallest absolute Gasteiger partial charge is 0.247 e. The number of benzene rings is 4. The van der Waals surface area contributed by atoms with Crippen molar-refractivity contribution in [2.24, 2.45) is 0 Å². The molecule has 0 saturated carbocycles. The molecule has 6 rings (SSSR count). The Morgan fingerprint density at radius 1 is 0.656 bits per heavy atom. The van der Waals surface area contributed by atoms with Gasteiger partial charge in [0.05, 0.1) is 12.1 Å². The van der Waals surface area contributed by atoms with Crippen molar-refractivity contribution in [3.05, 3.63) is 141 Å². The number of hydrogen-bond acceptors (Lipinski definition) is 8. The van der Waals surface area contributed by atoms with Crippen LogP contribution in [0.5, 0.6) is 0 Å². The van der Waals surface area contributed by atoms with Crippen molar-refractivity contribution < 1.29 is 37.9 Å². The first-order chi connectivity index (χ1) is 30.4. The molecule has 2 aliphatic heterocycles. The Hall–Kier alpha value is -5.77. The van der Waals surface area contributed by atoms with E-state index in [0.29, 0.717) is 84.9 Å². The van der Waals surface area contributed by atoms with Gasteiger partial charge < -0.3 is 25.5 Å². The van der Waals surface area contributed by atoms with Crippen molar-refractivity contribution in [3.8, 4) is 0 Å². The van der Waals surface area contributed by atoms with E-state index in [1.54, 1.807) is 89.5 Å². The molecule has 0 aromatic heterocycles. The van der Waals surface area contributed by atoms with Gasteiger partial charge in [-0.2, -0.15) is 0 Å². The molecule has 3 atom stereocenters. The number of aliphatic hydroxyl groups excluding tert-OH is 1. The second-order valence-electron chi connectivity index (χ2n) is 15.7. The molecule has 2 saturated heterocycles. The molecule has 0 aliphatic carbocycles. The van der Waals surface area contributed by atoms with Gasteiger partial charge in [-0.1, -0.05) is 59.6 Å². The second kappa shape index (κ2) is 23.2. The summed E-state index contributed by atoms with van der Waals surface area (Å²) < 4.78 is 26.3. The summed E-state index contributed by atoms with van der Waals surface area (Å²) in [5.74, 6) is -1.65. The Kier molecular flexibility index (Phi) is 17.9. The molecule has 2 heterocycles. The lowest BCUT2D eigenvalue weighted by molar-refractivity contribution is -0.138. The maximum Gasteiger partial charge on any atom is 0.247 e. The van der Waals surface area contributed by atoms with Gasteiger partial charge in [-0.05, 0) is 96.8 Å². The average molecular weight is 918 g/mol. The number of nitrogens with one attached hydrogen (secondary N) is 2. The SMILES string of the molecule is CC(=O)Nc1cc(Cl)ccc1/C=C/C(=O)N1CCN(Cc2ccc(F)cc2)C[C@H]1C(C)=O.CC(=O)Nc1cc(Cl)ccc1/C=C/C(=O)N1CCN(Cc2ccc(F)cc2)C[C@H]1[C@H](C)O. The minimum absolute atomic E-state index is 0.0963. The van der Waals surface area contributed by atoms with Gasteiger partial charge in [-0.3, -0.25) is 33.8 Å². The van der Waals surface area contributed by atoms with E-state index in [2.05, 4.69) is 20.4 Å². The first-order valence-electron chi connectivity index (χ1n) is 20.7. The Morgan fingerprint density at radius 2 is 1.08 bits per heavy atom. The van der Waals surface area contributed by atoms with Gasteiger partial charge in [0, 0.05) is 99.8 Å². The Labute approximate surface area is 382 Å². The number of Topliss-reactive ketones (excluding diaryl/α,β-unsaturated/α-hetero) is 1. The highest BCUT2D eigenvalue weighted by molar-refractivity contribution is 6.31. The van der Waals surface area contributed by atoms with Crippen LogP contribution in [0.25, 0.3) is 12.2 Å². The molecular weight excluding hydrogens is 865 g/mol. The predicted octanol–water partition coefficient (Wildman–Crippen LogP) is 7.30. The van der Waals surface area contributed by atoms with Gasteiger partial charge >= 0.3 is 0 Å². The van der Waals surface area contributed by atoms with Crippen LogP contribution in [0, 0.1) is 11.6 Å². The minimum atomic E-state index is -0.714. The molecule has 0 bridgehead atoms. The Morgan fingerprint density at radius 3 is 1.50 bits per heavy atom. The average Bonchev–Trinajstić information content (AvgIpc) is 3.24. The molecule has 3 N–H and O–H groups in total. The summed E-state index contributed by atoms with van der Waals surface area (Å²) in [6, 6.07) is 21.7. The van der Waals surface area contributed by atoms with Crippen molar-refractivity contribution in [2.45, 2.75) is 59.0 Å². The second-order valence-corrected chi connectivity index (χ2v) is 16.6. The van der Waals surface area contributed by atoms with Gasteiger partial charge in [0.2, 0.25) is 23.6 Å². The molecule has 0 unspecified atom stereocenters. The van der Waals surface area contributed by atoms with E-state index in [-0.39, 0.29) is 47.1 Å². The summed E-state index contributed by atoms with van der Waals surface area (Å²) in [5.41, 5.74) is 4.23. The monoisotopic (exact) mass is 916 g/mol. The Balaban J connectivity index is 0.000000241. The number of anilines is 2. The van der Waals surface area contributed by atoms with Crippen LogP contribution in [0.4, 0.5) is 20.2 Å². The van der Waals surface area contributed by atoms with Crippen molar-refractivity contribution in [1.29, 1.82) is 0 Å². The van der Waals surface area contributed by atoms with E-state index < -0.39 is 12.1 Å². The van der Waals surface area contributed by atoms with Crippen LogP contribution in [-0.4, -0.2) is 112 Å². The van der Waals surface area contributed by atoms with Crippen LogP contribution in [0.3, 0.4) is 0 Å². The van der Waals surface area contributed by atoms with Crippen LogP contribution in [0.2, 0.25) is 10.0 Å². The summed E-state index contributed by atoms with van der Waals surface area (Å²) in [4.78, 5) is 68.5. The highest BCUT2D eigenvalue weighted by atomic mass is 35.5. The quantitative estimate of drug-likeness (QED) is 0.126. The molecule has 0 spiro atoms. The summed E-state index contributed by atoms with van der Waals surface area (Å²) in [6.07, 6.45) is 5.37. The third kappa shape index (κ3) is 14.6. The highest BCUT2D eigenvalue weighted by Crippen LogP contribution is 2.25. The lowest BCUT2D eigenvalue weighted by Gasteiger charge is -2.42. The van der Waals surface area contributed by atoms with Crippen LogP contribution in [0.15, 0.2) is 97.1 Å². The molecular formula is C48H52Cl2F2N6O6. The third-order valence-electron chi connectivity index (χ3n) is 10.7. The fraction of sp³-hybridized carbons (Fsp3) is 0.312. The fourth-order valence-corrected chi connectivity index (χ4v) is 7.79. The molecule has 16 heteroatoms. The predicted molar refractivity (Wildman–Crippen MR) is 246 cm³/mol. The van der Waals surface area contributed by atoms with Gasteiger partial charge in [0.15, 0.2) is 5.78 Å². The largest absolute Gasteiger partial charge is 0.391 e. The number of carbonyl (C=O) groups is 5. The Bertz CT molecular complexity index is 2360. The zero-order valence-corrected chi connectivity index (χ0v) is 37.6. The number of hydrogen-bond donors (Lipinski definition) is 3. The molecule has 4 aromatic carbocycles. The fourth-order valence-electron chi connectivity index (χ4n) is 7.45. The van der Waals surface area contributed by atoms with Crippen molar-refractivity contribution >= 4 is 76.1 Å². The summed E-state index contributed by atoms with van der Waals surface area (Å²) in [7, 11) is 0. The number of halogens is 4. The van der Waals surface area contributed by atoms with Crippen LogP contribution < -0.4 is 10.6 Å². The van der Waals surface area contributed by atoms with Crippen molar-refractivity contribution in [3.63, 3.8) is 0 Å². The van der Waals surface area contributed by atoms with Gasteiger partial charge in [0.25, 0.3) is 0 Å². The standard InChI is InChI=1S/C24H27ClFN3O3.C24H25ClFN3O3/c2*1-16(30)23-15-28(14-18-3-8-21(26)9-4-18)11-12-29(23)24(32)10-6-19-5-7-20(25)13-22(19)27-17(2)31/h3-10,13,16,23,30H,11-12,14-15H2,1-2H3,(H,27,31);3-10,13,23H,11-12,14-15H2,1-2H3,(H,27,31)/b2*10-6+/t16-,23-;23-/m00/s1. The van der Waals surface area contributed by atoms with Gasteiger partial charge in [0.1, 0.15) is 17.7 Å². The first-order valence-corrected chi connectivity index (χ1v) is 21.4. The van der Waals surface area contributed by atoms with Crippen molar-refractivity contribution in [2.75, 3.05) is 49.9 Å². The molecule has 4 aromatic rings. The van der Waals surface area contributed by atoms with Gasteiger partial charge in [-0.15, -0.1) is 0 Å². The molecule has 2 aliphatic rings. The number of carbonyl (C=O) groups excluding carboxylic acids is 5. The number of amides is 4. The van der Waals surface area contributed by atoms with Crippen LogP contribution in [-0.2, 0) is 37.1 Å².